The van der Waals surface area contributed by atoms with Crippen molar-refractivity contribution < 1.29 is 22.0 Å². The number of nitrogens with one attached hydrogen (secondary N) is 1. The van der Waals surface area contributed by atoms with Gasteiger partial charge in [-0.05, 0) is 47.8 Å². The molecule has 0 saturated heterocycles. The van der Waals surface area contributed by atoms with E-state index in [4.69, 9.17) is 5.73 Å². The molecular formula is C20H12F5N5S. The number of aromatic nitrogens is 3. The van der Waals surface area contributed by atoms with Gasteiger partial charge in [-0.2, -0.15) is 13.2 Å². The van der Waals surface area contributed by atoms with E-state index in [2.05, 4.69) is 19.7 Å². The second-order valence-electron chi connectivity index (χ2n) is 6.40. The predicted molar refractivity (Wildman–Crippen MR) is 108 cm³/mol. The van der Waals surface area contributed by atoms with Crippen LogP contribution in [-0.4, -0.2) is 15.0 Å². The molecule has 158 valence electrons. The highest BCUT2D eigenvalue weighted by Gasteiger charge is 2.31. The zero-order valence-electron chi connectivity index (χ0n) is 15.4. The number of nitrogen functional groups attached to an aromatic ring is 1. The van der Waals surface area contributed by atoms with Crippen molar-refractivity contribution >= 4 is 34.5 Å². The fourth-order valence-corrected chi connectivity index (χ4v) is 3.53. The average molecular weight is 449 g/mol. The zero-order valence-corrected chi connectivity index (χ0v) is 16.2. The van der Waals surface area contributed by atoms with Crippen molar-refractivity contribution in [3.05, 3.63) is 72.2 Å². The molecule has 0 bridgehead atoms. The fraction of sp³-hybridized carbons (Fsp3) is 0.0500. The Balaban J connectivity index is 1.65. The number of nitrogens with two attached hydrogens (primary N) is 1. The predicted octanol–water partition coefficient (Wildman–Crippen LogP) is 5.69. The lowest BCUT2D eigenvalue weighted by atomic mass is 10.0. The summed E-state index contributed by atoms with van der Waals surface area (Å²) in [6.45, 7) is 0. The smallest absolute Gasteiger partial charge is 0.368 e. The van der Waals surface area contributed by atoms with Gasteiger partial charge >= 0.3 is 6.18 Å². The Bertz CT molecular complexity index is 1280. The monoisotopic (exact) mass is 449 g/mol. The highest BCUT2D eigenvalue weighted by Crippen LogP contribution is 2.35. The molecule has 0 amide bonds. The maximum absolute atomic E-state index is 15.1. The van der Waals surface area contributed by atoms with Crippen molar-refractivity contribution in [2.45, 2.75) is 11.1 Å². The van der Waals surface area contributed by atoms with Gasteiger partial charge in [-0.3, -0.25) is 4.98 Å². The number of halogens is 5. The summed E-state index contributed by atoms with van der Waals surface area (Å²) in [5, 5.41) is 0.535. The summed E-state index contributed by atoms with van der Waals surface area (Å²) in [6.07, 6.45) is -1.22. The van der Waals surface area contributed by atoms with E-state index in [1.807, 2.05) is 0 Å². The van der Waals surface area contributed by atoms with Crippen LogP contribution in [0.2, 0.25) is 0 Å². The third-order valence-electron chi connectivity index (χ3n) is 4.30. The van der Waals surface area contributed by atoms with E-state index in [-0.39, 0.29) is 27.7 Å². The molecule has 0 unspecified atom stereocenters. The van der Waals surface area contributed by atoms with Crippen molar-refractivity contribution in [1.82, 2.24) is 15.0 Å². The Hall–Kier alpha value is -3.47. The second kappa shape index (κ2) is 7.99. The Morgan fingerprint density at radius 2 is 1.77 bits per heavy atom. The molecule has 2 heterocycles. The number of alkyl halides is 3. The van der Waals surface area contributed by atoms with Crippen LogP contribution in [0.15, 0.2) is 59.9 Å². The van der Waals surface area contributed by atoms with Crippen molar-refractivity contribution in [2.75, 3.05) is 10.5 Å². The van der Waals surface area contributed by atoms with E-state index in [0.717, 1.165) is 30.1 Å². The third kappa shape index (κ3) is 4.36. The number of hydrogen-bond donors (Lipinski definition) is 2. The van der Waals surface area contributed by atoms with Crippen LogP contribution in [0, 0.1) is 11.6 Å². The summed E-state index contributed by atoms with van der Waals surface area (Å²) in [5.41, 5.74) is 4.95. The molecule has 0 spiro atoms. The molecule has 5 nitrogen and oxygen atoms in total. The second-order valence-corrected chi connectivity index (χ2v) is 7.28. The SMILES string of the molecule is Nc1ncc2cc(-c3c(F)ccc(NSc4cncc(C(F)(F)F)c4)c3F)ccc2n1. The van der Waals surface area contributed by atoms with Gasteiger partial charge in [0.2, 0.25) is 5.95 Å². The first-order chi connectivity index (χ1) is 14.7. The maximum Gasteiger partial charge on any atom is 0.417 e. The van der Waals surface area contributed by atoms with Gasteiger partial charge in [-0.25, -0.2) is 18.7 Å². The first kappa shape index (κ1) is 20.8. The lowest BCUT2D eigenvalue weighted by Crippen LogP contribution is -2.05. The molecule has 0 atom stereocenters. The molecule has 0 aliphatic rings. The van der Waals surface area contributed by atoms with Crippen LogP contribution in [0.4, 0.5) is 33.6 Å². The normalized spacial score (nSPS) is 11.6. The van der Waals surface area contributed by atoms with Crippen LogP contribution in [0.1, 0.15) is 5.56 Å². The van der Waals surface area contributed by atoms with Crippen LogP contribution in [0.25, 0.3) is 22.0 Å². The molecule has 2 aromatic carbocycles. The molecule has 4 rings (SSSR count). The average Bonchev–Trinajstić information content (AvgIpc) is 2.73. The largest absolute Gasteiger partial charge is 0.417 e. The van der Waals surface area contributed by atoms with E-state index >= 15 is 4.39 Å². The molecule has 4 aromatic rings. The van der Waals surface area contributed by atoms with Gasteiger partial charge < -0.3 is 10.5 Å². The molecular weight excluding hydrogens is 437 g/mol. The van der Waals surface area contributed by atoms with Gasteiger partial charge in [0.05, 0.1) is 22.3 Å². The zero-order chi connectivity index (χ0) is 22.2. The number of benzene rings is 2. The van der Waals surface area contributed by atoms with Crippen molar-refractivity contribution in [1.29, 1.82) is 0 Å². The topological polar surface area (TPSA) is 76.7 Å². The summed E-state index contributed by atoms with van der Waals surface area (Å²) in [7, 11) is 0. The quantitative estimate of drug-likeness (QED) is 0.308. The summed E-state index contributed by atoms with van der Waals surface area (Å²) in [6, 6.07) is 7.67. The third-order valence-corrected chi connectivity index (χ3v) is 5.08. The molecule has 31 heavy (non-hydrogen) atoms. The van der Waals surface area contributed by atoms with Gasteiger partial charge in [0.15, 0.2) is 5.82 Å². The van der Waals surface area contributed by atoms with E-state index in [1.54, 1.807) is 6.07 Å². The van der Waals surface area contributed by atoms with E-state index in [1.165, 1.54) is 24.5 Å². The Morgan fingerprint density at radius 3 is 2.55 bits per heavy atom. The molecule has 0 fully saturated rings. The van der Waals surface area contributed by atoms with E-state index in [9.17, 15) is 17.6 Å². The van der Waals surface area contributed by atoms with Crippen LogP contribution in [0.5, 0.6) is 0 Å². The Kier molecular flexibility index (Phi) is 5.36. The first-order valence-electron chi connectivity index (χ1n) is 8.68. The van der Waals surface area contributed by atoms with Crippen molar-refractivity contribution in [3.8, 4) is 11.1 Å². The summed E-state index contributed by atoms with van der Waals surface area (Å²) in [4.78, 5) is 11.6. The lowest BCUT2D eigenvalue weighted by Gasteiger charge is -2.12. The van der Waals surface area contributed by atoms with Gasteiger partial charge in [0.1, 0.15) is 5.82 Å². The number of anilines is 2. The number of nitrogens with zero attached hydrogens (tertiary/aromatic N) is 3. The summed E-state index contributed by atoms with van der Waals surface area (Å²) in [5.74, 6) is -1.63. The van der Waals surface area contributed by atoms with Crippen LogP contribution in [0.3, 0.4) is 0 Å². The van der Waals surface area contributed by atoms with Crippen LogP contribution >= 0.6 is 11.9 Å². The lowest BCUT2D eigenvalue weighted by molar-refractivity contribution is -0.138. The molecule has 0 saturated carbocycles. The minimum absolute atomic E-state index is 0.0740. The van der Waals surface area contributed by atoms with E-state index < -0.39 is 23.4 Å². The molecule has 3 N–H and O–H groups in total. The maximum atomic E-state index is 15.1. The standard InChI is InChI=1S/C20H12F5N5S/c21-14-2-4-16(30-31-13-6-12(8-27-9-13)20(23,24)25)18(22)17(14)10-1-3-15-11(5-10)7-28-19(26)29-15/h1-9,30H,(H2,26,28,29). The van der Waals surface area contributed by atoms with Gasteiger partial charge in [0.25, 0.3) is 0 Å². The highest BCUT2D eigenvalue weighted by molar-refractivity contribution is 8.00. The number of rotatable bonds is 4. The molecule has 11 heteroatoms. The minimum atomic E-state index is -4.55. The van der Waals surface area contributed by atoms with Gasteiger partial charge in [-0.1, -0.05) is 6.07 Å². The van der Waals surface area contributed by atoms with Crippen LogP contribution in [-0.2, 0) is 6.18 Å². The summed E-state index contributed by atoms with van der Waals surface area (Å²) >= 11 is 0.723. The van der Waals surface area contributed by atoms with Crippen molar-refractivity contribution in [3.63, 3.8) is 0 Å². The summed E-state index contributed by atoms with van der Waals surface area (Å²) < 4.78 is 70.7. The van der Waals surface area contributed by atoms with Crippen molar-refractivity contribution in [2.24, 2.45) is 0 Å². The van der Waals surface area contributed by atoms with Crippen LogP contribution < -0.4 is 10.5 Å². The molecule has 2 aromatic heterocycles. The number of pyridine rings is 1. The molecule has 0 radical (unpaired) electrons. The Morgan fingerprint density at radius 1 is 0.968 bits per heavy atom. The number of fused-ring (bicyclic) bond motifs is 1. The highest BCUT2D eigenvalue weighted by atomic mass is 32.2. The number of hydrogen-bond acceptors (Lipinski definition) is 6. The van der Waals surface area contributed by atoms with E-state index in [0.29, 0.717) is 17.1 Å². The van der Waals surface area contributed by atoms with Gasteiger partial charge in [-0.15, -0.1) is 0 Å². The first-order valence-corrected chi connectivity index (χ1v) is 9.50. The minimum Gasteiger partial charge on any atom is -0.368 e. The molecule has 0 aliphatic heterocycles. The Labute approximate surface area is 176 Å². The van der Waals surface area contributed by atoms with Gasteiger partial charge in [0, 0.05) is 28.9 Å². The molecule has 0 aliphatic carbocycles. The fourth-order valence-electron chi connectivity index (χ4n) is 2.84.